The third-order valence-electron chi connectivity index (χ3n) is 4.10. The van der Waals surface area contributed by atoms with Crippen LogP contribution in [0.2, 0.25) is 0 Å². The van der Waals surface area contributed by atoms with Crippen LogP contribution in [-0.2, 0) is 10.0 Å². The molecule has 108 valence electrons. The molecule has 2 unspecified atom stereocenters. The van der Waals surface area contributed by atoms with Gasteiger partial charge in [-0.3, -0.25) is 0 Å². The van der Waals surface area contributed by atoms with Gasteiger partial charge in [0.15, 0.2) is 0 Å². The summed E-state index contributed by atoms with van der Waals surface area (Å²) in [5.74, 6) is 0. The fraction of sp³-hybridized carbons (Fsp3) is 0.615. The molecular weight excluding hydrogens is 294 g/mol. The zero-order chi connectivity index (χ0) is 14.2. The summed E-state index contributed by atoms with van der Waals surface area (Å²) in [5, 5.41) is 8.78. The maximum absolute atomic E-state index is 12.3. The van der Waals surface area contributed by atoms with Crippen molar-refractivity contribution < 1.29 is 8.42 Å². The molecule has 2 atom stereocenters. The Morgan fingerprint density at radius 2 is 2.20 bits per heavy atom. The van der Waals surface area contributed by atoms with Gasteiger partial charge in [-0.05, 0) is 50.9 Å². The van der Waals surface area contributed by atoms with Crippen LogP contribution in [0.3, 0.4) is 0 Å². The summed E-state index contributed by atoms with van der Waals surface area (Å²) in [4.78, 5) is 2.89. The van der Waals surface area contributed by atoms with Gasteiger partial charge in [-0.25, -0.2) is 13.1 Å². The first-order valence-corrected chi connectivity index (χ1v) is 9.15. The Kier molecular flexibility index (Phi) is 3.82. The molecule has 0 radical (unpaired) electrons. The second-order valence-electron chi connectivity index (χ2n) is 5.41. The highest BCUT2D eigenvalue weighted by molar-refractivity contribution is 7.91. The minimum Gasteiger partial charge on any atom is -0.300 e. The standard InChI is InChI=1S/C13H17N3O2S2/c14-9-12-3-4-13(19-12)20(17,18)15-10-5-7-16-6-1-2-11(16)8-10/h3-4,10-11,15H,1-2,5-8H2. The molecule has 2 fully saturated rings. The molecule has 20 heavy (non-hydrogen) atoms. The molecule has 2 saturated heterocycles. The molecule has 2 aliphatic heterocycles. The predicted molar refractivity (Wildman–Crippen MR) is 77.0 cm³/mol. The average molecular weight is 311 g/mol. The molecule has 3 heterocycles. The van der Waals surface area contributed by atoms with Crippen molar-refractivity contribution in [3.8, 4) is 6.07 Å². The molecule has 3 rings (SSSR count). The summed E-state index contributed by atoms with van der Waals surface area (Å²) in [6.07, 6.45) is 4.17. The number of hydrogen-bond donors (Lipinski definition) is 1. The number of rotatable bonds is 3. The van der Waals surface area contributed by atoms with Gasteiger partial charge in [0, 0.05) is 12.1 Å². The lowest BCUT2D eigenvalue weighted by atomic mass is 9.99. The molecule has 0 aliphatic carbocycles. The van der Waals surface area contributed by atoms with Crippen molar-refractivity contribution in [2.75, 3.05) is 13.1 Å². The number of nitriles is 1. The highest BCUT2D eigenvalue weighted by atomic mass is 32.2. The molecule has 1 N–H and O–H groups in total. The van der Waals surface area contributed by atoms with E-state index in [1.165, 1.54) is 18.9 Å². The maximum Gasteiger partial charge on any atom is 0.250 e. The Balaban J connectivity index is 1.69. The first-order valence-electron chi connectivity index (χ1n) is 6.85. The van der Waals surface area contributed by atoms with Crippen LogP contribution in [0.4, 0.5) is 0 Å². The fourth-order valence-corrected chi connectivity index (χ4v) is 5.54. The summed E-state index contributed by atoms with van der Waals surface area (Å²) in [7, 11) is -3.48. The van der Waals surface area contributed by atoms with Gasteiger partial charge in [-0.2, -0.15) is 5.26 Å². The second-order valence-corrected chi connectivity index (χ2v) is 8.43. The van der Waals surface area contributed by atoms with Crippen molar-refractivity contribution in [2.45, 2.75) is 42.0 Å². The maximum atomic E-state index is 12.3. The van der Waals surface area contributed by atoms with Crippen molar-refractivity contribution in [2.24, 2.45) is 0 Å². The summed E-state index contributed by atoms with van der Waals surface area (Å²) < 4.78 is 27.6. The van der Waals surface area contributed by atoms with Crippen molar-refractivity contribution in [3.63, 3.8) is 0 Å². The number of nitrogens with one attached hydrogen (secondary N) is 1. The summed E-state index contributed by atoms with van der Waals surface area (Å²) in [6, 6.07) is 5.59. The molecule has 1 aromatic rings. The van der Waals surface area contributed by atoms with E-state index in [4.69, 9.17) is 5.26 Å². The zero-order valence-corrected chi connectivity index (χ0v) is 12.7. The SMILES string of the molecule is N#Cc1ccc(S(=O)(=O)NC2CCN3CCCC3C2)s1. The highest BCUT2D eigenvalue weighted by Crippen LogP contribution is 2.28. The Morgan fingerprint density at radius 3 is 2.95 bits per heavy atom. The van der Waals surface area contributed by atoms with Crippen LogP contribution in [0.15, 0.2) is 16.3 Å². The molecule has 0 saturated carbocycles. The van der Waals surface area contributed by atoms with Gasteiger partial charge in [0.05, 0.1) is 0 Å². The van der Waals surface area contributed by atoms with Crippen molar-refractivity contribution in [1.29, 1.82) is 5.26 Å². The van der Waals surface area contributed by atoms with Gasteiger partial charge in [-0.15, -0.1) is 11.3 Å². The van der Waals surface area contributed by atoms with Gasteiger partial charge in [0.1, 0.15) is 15.2 Å². The second kappa shape index (κ2) is 5.45. The van der Waals surface area contributed by atoms with Crippen LogP contribution in [0, 0.1) is 11.3 Å². The topological polar surface area (TPSA) is 73.2 Å². The van der Waals surface area contributed by atoms with Crippen LogP contribution in [0.5, 0.6) is 0 Å². The third-order valence-corrected chi connectivity index (χ3v) is 7.10. The smallest absolute Gasteiger partial charge is 0.250 e. The Bertz CT molecular complexity index is 632. The molecule has 0 spiro atoms. The summed E-state index contributed by atoms with van der Waals surface area (Å²) in [5.41, 5.74) is 0. The normalized spacial score (nSPS) is 27.1. The lowest BCUT2D eigenvalue weighted by Gasteiger charge is -2.34. The third kappa shape index (κ3) is 2.74. The lowest BCUT2D eigenvalue weighted by molar-refractivity contribution is 0.176. The Hall–Kier alpha value is -0.940. The van der Waals surface area contributed by atoms with E-state index in [0.29, 0.717) is 10.9 Å². The molecule has 5 nitrogen and oxygen atoms in total. The molecule has 2 aliphatic rings. The Morgan fingerprint density at radius 1 is 1.35 bits per heavy atom. The molecule has 0 aromatic carbocycles. The van der Waals surface area contributed by atoms with Crippen molar-refractivity contribution in [3.05, 3.63) is 17.0 Å². The van der Waals surface area contributed by atoms with E-state index in [-0.39, 0.29) is 10.3 Å². The van der Waals surface area contributed by atoms with E-state index in [1.807, 2.05) is 6.07 Å². The quantitative estimate of drug-likeness (QED) is 0.918. The van der Waals surface area contributed by atoms with E-state index in [1.54, 1.807) is 6.07 Å². The zero-order valence-electron chi connectivity index (χ0n) is 11.1. The molecule has 1 aromatic heterocycles. The van der Waals surface area contributed by atoms with Gasteiger partial charge >= 0.3 is 0 Å². The molecular formula is C13H17N3O2S2. The van der Waals surface area contributed by atoms with Gasteiger partial charge in [0.2, 0.25) is 10.0 Å². The number of fused-ring (bicyclic) bond motifs is 1. The van der Waals surface area contributed by atoms with Crippen molar-refractivity contribution in [1.82, 2.24) is 9.62 Å². The molecule has 7 heteroatoms. The Labute approximate surface area is 123 Å². The van der Waals surface area contributed by atoms with E-state index in [2.05, 4.69) is 9.62 Å². The predicted octanol–water partition coefficient (Wildman–Crippen LogP) is 1.52. The average Bonchev–Trinajstić information content (AvgIpc) is 3.06. The van der Waals surface area contributed by atoms with E-state index >= 15 is 0 Å². The first kappa shape index (κ1) is 14.0. The van der Waals surface area contributed by atoms with Crippen LogP contribution < -0.4 is 4.72 Å². The van der Waals surface area contributed by atoms with E-state index in [9.17, 15) is 8.42 Å². The van der Waals surface area contributed by atoms with Crippen LogP contribution >= 0.6 is 11.3 Å². The number of hydrogen-bond acceptors (Lipinski definition) is 5. The first-order chi connectivity index (χ1) is 9.58. The summed E-state index contributed by atoms with van der Waals surface area (Å²) in [6.45, 7) is 2.13. The van der Waals surface area contributed by atoms with Gasteiger partial charge < -0.3 is 4.90 Å². The van der Waals surface area contributed by atoms with Crippen molar-refractivity contribution >= 4 is 21.4 Å². The van der Waals surface area contributed by atoms with Gasteiger partial charge in [-0.1, -0.05) is 0 Å². The minimum absolute atomic E-state index is 0.0204. The van der Waals surface area contributed by atoms with E-state index < -0.39 is 10.0 Å². The number of piperidine rings is 1. The van der Waals surface area contributed by atoms with Crippen LogP contribution in [-0.4, -0.2) is 38.5 Å². The van der Waals surface area contributed by atoms with Crippen LogP contribution in [0.1, 0.15) is 30.6 Å². The summed E-state index contributed by atoms with van der Waals surface area (Å²) >= 11 is 1.03. The van der Waals surface area contributed by atoms with Gasteiger partial charge in [0.25, 0.3) is 0 Å². The monoisotopic (exact) mass is 311 g/mol. The number of nitrogens with zero attached hydrogens (tertiary/aromatic N) is 2. The number of sulfonamides is 1. The fourth-order valence-electron chi connectivity index (χ4n) is 3.13. The molecule has 0 bridgehead atoms. The number of thiophene rings is 1. The molecule has 0 amide bonds. The lowest BCUT2D eigenvalue weighted by Crippen LogP contribution is -2.47. The van der Waals surface area contributed by atoms with Crippen LogP contribution in [0.25, 0.3) is 0 Å². The highest BCUT2D eigenvalue weighted by Gasteiger charge is 2.33. The minimum atomic E-state index is -3.48. The van der Waals surface area contributed by atoms with E-state index in [0.717, 1.165) is 37.3 Å². The largest absolute Gasteiger partial charge is 0.300 e.